The highest BCUT2D eigenvalue weighted by molar-refractivity contribution is 5.93. The maximum absolute atomic E-state index is 12.4. The van der Waals surface area contributed by atoms with E-state index in [1.807, 2.05) is 6.92 Å². The minimum Gasteiger partial charge on any atom is -0.480 e. The van der Waals surface area contributed by atoms with Crippen LogP contribution in [0.2, 0.25) is 0 Å². The number of carbonyl (C=O) groups excluding carboxylic acids is 4. The van der Waals surface area contributed by atoms with Crippen molar-refractivity contribution in [3.63, 3.8) is 0 Å². The minimum absolute atomic E-state index is 0.0659. The van der Waals surface area contributed by atoms with E-state index in [1.54, 1.807) is 6.92 Å². The van der Waals surface area contributed by atoms with Crippen LogP contribution < -0.4 is 27.4 Å². The van der Waals surface area contributed by atoms with Crippen molar-refractivity contribution in [1.82, 2.24) is 16.0 Å². The lowest BCUT2D eigenvalue weighted by Crippen LogP contribution is -2.56. The van der Waals surface area contributed by atoms with Gasteiger partial charge in [0, 0.05) is 6.42 Å². The topological polar surface area (TPSA) is 194 Å². The number of carboxylic acids is 1. The second-order valence-corrected chi connectivity index (χ2v) is 6.32. The fraction of sp³-hybridized carbons (Fsp3) is 0.688. The van der Waals surface area contributed by atoms with Gasteiger partial charge in [-0.25, -0.2) is 0 Å². The smallest absolute Gasteiger partial charge is 0.322 e. The van der Waals surface area contributed by atoms with E-state index in [-0.39, 0.29) is 18.8 Å². The van der Waals surface area contributed by atoms with Gasteiger partial charge in [-0.05, 0) is 19.3 Å². The quantitative estimate of drug-likeness (QED) is 0.219. The molecule has 4 amide bonds. The molecular weight excluding hydrogens is 358 g/mol. The molecule has 154 valence electrons. The van der Waals surface area contributed by atoms with Gasteiger partial charge in [0.15, 0.2) is 0 Å². The highest BCUT2D eigenvalue weighted by Gasteiger charge is 2.28. The summed E-state index contributed by atoms with van der Waals surface area (Å²) < 4.78 is 0. The molecule has 0 spiro atoms. The van der Waals surface area contributed by atoms with E-state index in [0.717, 1.165) is 0 Å². The van der Waals surface area contributed by atoms with Crippen LogP contribution in [0, 0.1) is 5.92 Å². The molecule has 0 heterocycles. The monoisotopic (exact) mass is 387 g/mol. The van der Waals surface area contributed by atoms with Crippen LogP contribution in [-0.4, -0.2) is 59.4 Å². The van der Waals surface area contributed by atoms with Crippen molar-refractivity contribution in [2.45, 2.75) is 58.2 Å². The van der Waals surface area contributed by atoms with E-state index < -0.39 is 54.3 Å². The predicted octanol–water partition coefficient (Wildman–Crippen LogP) is -2.18. The van der Waals surface area contributed by atoms with E-state index in [9.17, 15) is 24.0 Å². The van der Waals surface area contributed by atoms with Crippen molar-refractivity contribution >= 4 is 29.6 Å². The molecule has 8 N–H and O–H groups in total. The van der Waals surface area contributed by atoms with Gasteiger partial charge >= 0.3 is 5.97 Å². The molecule has 0 aliphatic carbocycles. The lowest BCUT2D eigenvalue weighted by atomic mass is 9.98. The lowest BCUT2D eigenvalue weighted by molar-refractivity contribution is -0.138. The highest BCUT2D eigenvalue weighted by atomic mass is 16.4. The number of primary amides is 1. The second kappa shape index (κ2) is 11.8. The first-order chi connectivity index (χ1) is 12.5. The van der Waals surface area contributed by atoms with Gasteiger partial charge in [-0.3, -0.25) is 24.0 Å². The number of hydrogen-bond acceptors (Lipinski definition) is 6. The average molecular weight is 387 g/mol. The lowest BCUT2D eigenvalue weighted by Gasteiger charge is -2.24. The molecule has 27 heavy (non-hydrogen) atoms. The summed E-state index contributed by atoms with van der Waals surface area (Å²) in [6.07, 6.45) is 0.438. The molecule has 0 aromatic carbocycles. The van der Waals surface area contributed by atoms with Crippen LogP contribution in [0.25, 0.3) is 0 Å². The normalized spacial score (nSPS) is 15.0. The van der Waals surface area contributed by atoms with Gasteiger partial charge in [0.25, 0.3) is 0 Å². The van der Waals surface area contributed by atoms with Crippen LogP contribution in [-0.2, 0) is 24.0 Å². The fourth-order valence-corrected chi connectivity index (χ4v) is 2.03. The number of hydrogen-bond donors (Lipinski definition) is 6. The zero-order valence-electron chi connectivity index (χ0n) is 15.8. The first kappa shape index (κ1) is 24.3. The summed E-state index contributed by atoms with van der Waals surface area (Å²) in [5, 5.41) is 15.5. The Morgan fingerprint density at radius 3 is 2.07 bits per heavy atom. The molecule has 0 aromatic heterocycles. The van der Waals surface area contributed by atoms with Crippen molar-refractivity contribution < 1.29 is 29.1 Å². The maximum atomic E-state index is 12.4. The Balaban J connectivity index is 4.97. The third-order valence-electron chi connectivity index (χ3n) is 4.04. The van der Waals surface area contributed by atoms with Gasteiger partial charge in [-0.1, -0.05) is 20.3 Å². The largest absolute Gasteiger partial charge is 0.480 e. The zero-order chi connectivity index (χ0) is 21.1. The van der Waals surface area contributed by atoms with Gasteiger partial charge in [-0.15, -0.1) is 0 Å². The van der Waals surface area contributed by atoms with Crippen LogP contribution >= 0.6 is 0 Å². The number of aliphatic carboxylic acids is 1. The van der Waals surface area contributed by atoms with E-state index >= 15 is 0 Å². The van der Waals surface area contributed by atoms with Gasteiger partial charge in [0.2, 0.25) is 23.6 Å². The van der Waals surface area contributed by atoms with Gasteiger partial charge in [0.05, 0.1) is 6.04 Å². The second-order valence-electron chi connectivity index (χ2n) is 6.32. The molecule has 0 fully saturated rings. The van der Waals surface area contributed by atoms with Crippen molar-refractivity contribution in [3.05, 3.63) is 0 Å². The van der Waals surface area contributed by atoms with E-state index in [2.05, 4.69) is 16.0 Å². The van der Waals surface area contributed by atoms with Crippen LogP contribution in [0.4, 0.5) is 0 Å². The predicted molar refractivity (Wildman–Crippen MR) is 96.0 cm³/mol. The standard InChI is InChI=1S/C16H29N5O6/c1-4-8(2)13(18)16(27)21-10(5-6-11(17)22)15(26)20-9(3)14(25)19-7-12(23)24/h8-10,13H,4-7,18H2,1-3H3,(H2,17,22)(H,19,25)(H,20,26)(H,21,27)(H,23,24). The van der Waals surface area contributed by atoms with Crippen LogP contribution in [0.15, 0.2) is 0 Å². The molecule has 0 aromatic rings. The summed E-state index contributed by atoms with van der Waals surface area (Å²) >= 11 is 0. The molecule has 11 heteroatoms. The van der Waals surface area contributed by atoms with Crippen molar-refractivity contribution in [2.75, 3.05) is 6.54 Å². The summed E-state index contributed by atoms with van der Waals surface area (Å²) in [5.74, 6) is -3.98. The summed E-state index contributed by atoms with van der Waals surface area (Å²) in [7, 11) is 0. The molecule has 11 nitrogen and oxygen atoms in total. The highest BCUT2D eigenvalue weighted by Crippen LogP contribution is 2.07. The molecule has 4 unspecified atom stereocenters. The Kier molecular flexibility index (Phi) is 10.7. The first-order valence-electron chi connectivity index (χ1n) is 8.63. The van der Waals surface area contributed by atoms with Gasteiger partial charge in [-0.2, -0.15) is 0 Å². The van der Waals surface area contributed by atoms with Crippen LogP contribution in [0.3, 0.4) is 0 Å². The van der Waals surface area contributed by atoms with Crippen molar-refractivity contribution in [3.8, 4) is 0 Å². The molecule has 0 aliphatic rings. The molecule has 4 atom stereocenters. The fourth-order valence-electron chi connectivity index (χ4n) is 2.03. The van der Waals surface area contributed by atoms with E-state index in [0.29, 0.717) is 6.42 Å². The Hall–Kier alpha value is -2.69. The molecule has 0 bridgehead atoms. The van der Waals surface area contributed by atoms with Crippen LogP contribution in [0.1, 0.15) is 40.0 Å². The number of nitrogens with two attached hydrogens (primary N) is 2. The third kappa shape index (κ3) is 9.54. The van der Waals surface area contributed by atoms with Crippen molar-refractivity contribution in [1.29, 1.82) is 0 Å². The Labute approximate surface area is 157 Å². The third-order valence-corrected chi connectivity index (χ3v) is 4.04. The first-order valence-corrected chi connectivity index (χ1v) is 8.63. The van der Waals surface area contributed by atoms with E-state index in [4.69, 9.17) is 16.6 Å². The summed E-state index contributed by atoms with van der Waals surface area (Å²) in [6.45, 7) is 4.42. The number of amides is 4. The van der Waals surface area contributed by atoms with E-state index in [1.165, 1.54) is 6.92 Å². The Bertz CT molecular complexity index is 568. The number of rotatable bonds is 12. The maximum Gasteiger partial charge on any atom is 0.322 e. The molecule has 0 rings (SSSR count). The minimum atomic E-state index is -1.23. The zero-order valence-corrected chi connectivity index (χ0v) is 15.8. The Morgan fingerprint density at radius 1 is 1.00 bits per heavy atom. The molecule has 0 radical (unpaired) electrons. The van der Waals surface area contributed by atoms with Crippen molar-refractivity contribution in [2.24, 2.45) is 17.4 Å². The summed E-state index contributed by atoms with van der Waals surface area (Å²) in [5.41, 5.74) is 10.9. The van der Waals surface area contributed by atoms with Gasteiger partial charge in [0.1, 0.15) is 18.6 Å². The number of nitrogens with one attached hydrogen (secondary N) is 3. The summed E-state index contributed by atoms with van der Waals surface area (Å²) in [6, 6.07) is -3.00. The molecule has 0 aliphatic heterocycles. The SMILES string of the molecule is CCC(C)C(N)C(=O)NC(CCC(N)=O)C(=O)NC(C)C(=O)NCC(=O)O. The molecule has 0 saturated heterocycles. The number of carbonyl (C=O) groups is 5. The van der Waals surface area contributed by atoms with Crippen LogP contribution in [0.5, 0.6) is 0 Å². The molecular formula is C16H29N5O6. The molecule has 0 saturated carbocycles. The van der Waals surface area contributed by atoms with Gasteiger partial charge < -0.3 is 32.5 Å². The Morgan fingerprint density at radius 2 is 1.59 bits per heavy atom. The average Bonchev–Trinajstić information content (AvgIpc) is 2.60. The number of carboxylic acid groups (broad SMARTS) is 1. The summed E-state index contributed by atoms with van der Waals surface area (Å²) in [4.78, 5) is 57.9.